The Kier molecular flexibility index (Phi) is 5.04. The molecule has 1 atom stereocenters. The minimum absolute atomic E-state index is 0.124. The third-order valence-electron chi connectivity index (χ3n) is 4.67. The number of rotatable bonds is 5. The molecule has 1 saturated heterocycles. The van der Waals surface area contributed by atoms with Crippen LogP contribution in [0.3, 0.4) is 0 Å². The number of primary amides is 1. The van der Waals surface area contributed by atoms with E-state index in [9.17, 15) is 9.59 Å². The molecule has 1 aromatic rings. The number of nitrogens with two attached hydrogens (primary N) is 1. The summed E-state index contributed by atoms with van der Waals surface area (Å²) in [6, 6.07) is 4.99. The molecule has 0 bridgehead atoms. The highest BCUT2D eigenvalue weighted by Crippen LogP contribution is 2.30. The molecule has 0 aromatic heterocycles. The Morgan fingerprint density at radius 2 is 2.12 bits per heavy atom. The first kappa shape index (κ1) is 16.8. The Balaban J connectivity index is 1.55. The van der Waals surface area contributed by atoms with Crippen molar-refractivity contribution in [2.24, 2.45) is 11.7 Å². The molecule has 0 unspecified atom stereocenters. The van der Waals surface area contributed by atoms with Crippen LogP contribution in [0.1, 0.15) is 41.6 Å². The zero-order chi connectivity index (χ0) is 17.1. The quantitative estimate of drug-likeness (QED) is 0.869. The predicted octanol–water partition coefficient (Wildman–Crippen LogP) is 2.52. The van der Waals surface area contributed by atoms with Gasteiger partial charge in [0.05, 0.1) is 6.10 Å². The number of urea groups is 1. The number of carbonyl (C=O) groups excluding carboxylic acids is 2. The number of hydrogen-bond acceptors (Lipinski definition) is 3. The number of benzene rings is 1. The fraction of sp³-hybridized carbons (Fsp3) is 0.556. The minimum atomic E-state index is -0.461. The number of anilines is 1. The van der Waals surface area contributed by atoms with E-state index in [2.05, 4.69) is 5.32 Å². The van der Waals surface area contributed by atoms with Crippen molar-refractivity contribution in [1.82, 2.24) is 4.90 Å². The highest BCUT2D eigenvalue weighted by Gasteiger charge is 2.27. The summed E-state index contributed by atoms with van der Waals surface area (Å²) < 4.78 is 5.93. The second-order valence-electron chi connectivity index (χ2n) is 6.81. The highest BCUT2D eigenvalue weighted by molar-refractivity contribution is 5.96. The van der Waals surface area contributed by atoms with Crippen LogP contribution in [0.25, 0.3) is 0 Å². The number of likely N-dealkylation sites (tertiary alicyclic amines) is 1. The number of amides is 3. The number of aryl methyl sites for hydroxylation is 1. The van der Waals surface area contributed by atoms with E-state index in [1.54, 1.807) is 30.0 Å². The Morgan fingerprint density at radius 1 is 1.33 bits per heavy atom. The molecular formula is C18H25N3O3. The van der Waals surface area contributed by atoms with E-state index < -0.39 is 5.91 Å². The second-order valence-corrected chi connectivity index (χ2v) is 6.81. The topological polar surface area (TPSA) is 84.7 Å². The van der Waals surface area contributed by atoms with Crippen molar-refractivity contribution in [1.29, 1.82) is 0 Å². The zero-order valence-electron chi connectivity index (χ0n) is 14.1. The molecule has 1 aromatic carbocycles. The zero-order valence-corrected chi connectivity index (χ0v) is 14.1. The van der Waals surface area contributed by atoms with Crippen molar-refractivity contribution in [3.8, 4) is 0 Å². The van der Waals surface area contributed by atoms with Crippen LogP contribution in [0.4, 0.5) is 10.5 Å². The van der Waals surface area contributed by atoms with Crippen LogP contribution in [0.15, 0.2) is 18.2 Å². The summed E-state index contributed by atoms with van der Waals surface area (Å²) in [6.45, 7) is 4.01. The van der Waals surface area contributed by atoms with Gasteiger partial charge in [0.2, 0.25) is 5.91 Å². The van der Waals surface area contributed by atoms with Gasteiger partial charge in [0.15, 0.2) is 0 Å². The third-order valence-corrected chi connectivity index (χ3v) is 4.67. The lowest BCUT2D eigenvalue weighted by atomic mass is 10.1. The molecule has 130 valence electrons. The molecular weight excluding hydrogens is 306 g/mol. The average Bonchev–Trinajstić information content (AvgIpc) is 3.37. The first-order chi connectivity index (χ1) is 11.5. The van der Waals surface area contributed by atoms with Gasteiger partial charge in [-0.25, -0.2) is 4.79 Å². The van der Waals surface area contributed by atoms with Crippen LogP contribution in [-0.2, 0) is 4.74 Å². The van der Waals surface area contributed by atoms with Gasteiger partial charge in [-0.2, -0.15) is 0 Å². The molecule has 0 radical (unpaired) electrons. The molecule has 1 aliphatic carbocycles. The van der Waals surface area contributed by atoms with Gasteiger partial charge in [-0.1, -0.05) is 0 Å². The Hall–Kier alpha value is -2.08. The maximum atomic E-state index is 12.5. The van der Waals surface area contributed by atoms with E-state index in [0.717, 1.165) is 37.5 Å². The molecule has 3 amide bonds. The van der Waals surface area contributed by atoms with E-state index in [0.29, 0.717) is 17.8 Å². The first-order valence-electron chi connectivity index (χ1n) is 8.61. The van der Waals surface area contributed by atoms with E-state index in [1.807, 2.05) is 0 Å². The van der Waals surface area contributed by atoms with Crippen LogP contribution in [0, 0.1) is 12.8 Å². The molecule has 1 heterocycles. The van der Waals surface area contributed by atoms with Crippen LogP contribution < -0.4 is 11.1 Å². The van der Waals surface area contributed by atoms with Gasteiger partial charge < -0.3 is 20.7 Å². The number of piperidine rings is 1. The SMILES string of the molecule is Cc1cc(NC(=O)N2CCC[C@@H](OCC3CC3)C2)ccc1C(N)=O. The molecule has 3 N–H and O–H groups in total. The maximum absolute atomic E-state index is 12.5. The van der Waals surface area contributed by atoms with E-state index in [1.165, 1.54) is 12.8 Å². The van der Waals surface area contributed by atoms with Crippen molar-refractivity contribution >= 4 is 17.6 Å². The number of ether oxygens (including phenoxy) is 1. The van der Waals surface area contributed by atoms with Crippen molar-refractivity contribution in [2.45, 2.75) is 38.7 Å². The summed E-state index contributed by atoms with van der Waals surface area (Å²) in [5, 5.41) is 2.90. The molecule has 3 rings (SSSR count). The van der Waals surface area contributed by atoms with Crippen molar-refractivity contribution < 1.29 is 14.3 Å². The monoisotopic (exact) mass is 331 g/mol. The summed E-state index contributed by atoms with van der Waals surface area (Å²) in [5.41, 5.74) is 7.20. The molecule has 1 saturated carbocycles. The second kappa shape index (κ2) is 7.21. The van der Waals surface area contributed by atoms with E-state index in [4.69, 9.17) is 10.5 Å². The van der Waals surface area contributed by atoms with Gasteiger partial charge in [-0.3, -0.25) is 4.79 Å². The fourth-order valence-corrected chi connectivity index (χ4v) is 3.04. The van der Waals surface area contributed by atoms with Gasteiger partial charge >= 0.3 is 6.03 Å². The van der Waals surface area contributed by atoms with Gasteiger partial charge in [0.25, 0.3) is 0 Å². The number of nitrogens with one attached hydrogen (secondary N) is 1. The number of nitrogens with zero attached hydrogens (tertiary/aromatic N) is 1. The third kappa shape index (κ3) is 4.26. The van der Waals surface area contributed by atoms with Crippen molar-refractivity contribution in [3.63, 3.8) is 0 Å². The molecule has 24 heavy (non-hydrogen) atoms. The number of carbonyl (C=O) groups is 2. The summed E-state index contributed by atoms with van der Waals surface area (Å²) in [7, 11) is 0. The standard InChI is InChI=1S/C18H25N3O3/c1-12-9-14(6-7-16(12)17(19)22)20-18(23)21-8-2-3-15(10-21)24-11-13-4-5-13/h6-7,9,13,15H,2-5,8,10-11H2,1H3,(H2,19,22)(H,20,23)/t15-/m1/s1. The fourth-order valence-electron chi connectivity index (χ4n) is 3.04. The highest BCUT2D eigenvalue weighted by atomic mass is 16.5. The van der Waals surface area contributed by atoms with E-state index >= 15 is 0 Å². The van der Waals surface area contributed by atoms with Crippen LogP contribution >= 0.6 is 0 Å². The van der Waals surface area contributed by atoms with Crippen LogP contribution in [0.5, 0.6) is 0 Å². The largest absolute Gasteiger partial charge is 0.376 e. The lowest BCUT2D eigenvalue weighted by molar-refractivity contribution is 0.00597. The summed E-state index contributed by atoms with van der Waals surface area (Å²) >= 11 is 0. The van der Waals surface area contributed by atoms with Crippen molar-refractivity contribution in [3.05, 3.63) is 29.3 Å². The van der Waals surface area contributed by atoms with Gasteiger partial charge in [0.1, 0.15) is 0 Å². The minimum Gasteiger partial charge on any atom is -0.376 e. The molecule has 1 aliphatic heterocycles. The predicted molar refractivity (Wildman–Crippen MR) is 92.0 cm³/mol. The molecule has 2 fully saturated rings. The normalized spacial score (nSPS) is 20.7. The Labute approximate surface area is 142 Å². The smallest absolute Gasteiger partial charge is 0.321 e. The lowest BCUT2D eigenvalue weighted by Gasteiger charge is -2.32. The van der Waals surface area contributed by atoms with Crippen molar-refractivity contribution in [2.75, 3.05) is 25.0 Å². The molecule has 6 nitrogen and oxygen atoms in total. The Morgan fingerprint density at radius 3 is 2.79 bits per heavy atom. The van der Waals surface area contributed by atoms with Gasteiger partial charge in [-0.05, 0) is 62.3 Å². The van der Waals surface area contributed by atoms with Crippen LogP contribution in [-0.4, -0.2) is 42.6 Å². The summed E-state index contributed by atoms with van der Waals surface area (Å²) in [4.78, 5) is 25.5. The Bertz CT molecular complexity index is 628. The molecule has 0 spiro atoms. The summed E-state index contributed by atoms with van der Waals surface area (Å²) in [6.07, 6.45) is 4.67. The lowest BCUT2D eigenvalue weighted by Crippen LogP contribution is -2.45. The summed E-state index contributed by atoms with van der Waals surface area (Å²) in [5.74, 6) is 0.276. The van der Waals surface area contributed by atoms with Gasteiger partial charge in [0, 0.05) is 30.9 Å². The maximum Gasteiger partial charge on any atom is 0.321 e. The van der Waals surface area contributed by atoms with Crippen LogP contribution in [0.2, 0.25) is 0 Å². The molecule has 6 heteroatoms. The van der Waals surface area contributed by atoms with Gasteiger partial charge in [-0.15, -0.1) is 0 Å². The first-order valence-corrected chi connectivity index (χ1v) is 8.61. The molecule has 2 aliphatic rings. The van der Waals surface area contributed by atoms with E-state index in [-0.39, 0.29) is 12.1 Å². The number of hydrogen-bond donors (Lipinski definition) is 2. The average molecular weight is 331 g/mol.